The Morgan fingerprint density at radius 2 is 1.71 bits per heavy atom. The van der Waals surface area contributed by atoms with Crippen molar-refractivity contribution in [2.45, 2.75) is 13.8 Å². The van der Waals surface area contributed by atoms with E-state index in [-0.39, 0.29) is 11.8 Å². The summed E-state index contributed by atoms with van der Waals surface area (Å²) >= 11 is 0. The average Bonchev–Trinajstić information content (AvgIpc) is 2.63. The fourth-order valence-corrected chi connectivity index (χ4v) is 2.69. The minimum Gasteiger partial charge on any atom is -0.368 e. The summed E-state index contributed by atoms with van der Waals surface area (Å²) in [6, 6.07) is 12.3. The van der Waals surface area contributed by atoms with E-state index in [2.05, 4.69) is 49.4 Å². The molecule has 126 valence electrons. The van der Waals surface area contributed by atoms with Gasteiger partial charge in [-0.25, -0.2) is 9.97 Å². The molecule has 1 N–H and O–H groups in total. The van der Waals surface area contributed by atoms with Crippen LogP contribution < -0.4 is 15.1 Å². The fraction of sp³-hybridized carbons (Fsp3) is 0.389. The van der Waals surface area contributed by atoms with Gasteiger partial charge in [-0.2, -0.15) is 0 Å². The minimum atomic E-state index is -0.0715. The number of carbonyl (C=O) groups is 1. The maximum Gasteiger partial charge on any atom is 0.228 e. The first-order valence-corrected chi connectivity index (χ1v) is 8.31. The molecule has 0 radical (unpaired) electrons. The lowest BCUT2D eigenvalue weighted by molar-refractivity contribution is -0.118. The van der Waals surface area contributed by atoms with Gasteiger partial charge >= 0.3 is 0 Å². The van der Waals surface area contributed by atoms with Crippen molar-refractivity contribution >= 4 is 23.2 Å². The number of amides is 1. The second kappa shape index (κ2) is 7.29. The lowest BCUT2D eigenvalue weighted by atomic mass is 10.2. The number of nitrogens with one attached hydrogen (secondary N) is 1. The van der Waals surface area contributed by atoms with Crippen LogP contribution in [0.1, 0.15) is 13.8 Å². The molecule has 1 aromatic carbocycles. The van der Waals surface area contributed by atoms with Crippen molar-refractivity contribution in [2.24, 2.45) is 5.92 Å². The molecule has 1 aliphatic heterocycles. The highest BCUT2D eigenvalue weighted by atomic mass is 16.1. The number of anilines is 3. The summed E-state index contributed by atoms with van der Waals surface area (Å²) in [6.45, 7) is 7.40. The van der Waals surface area contributed by atoms with Crippen LogP contribution in [0.2, 0.25) is 0 Å². The smallest absolute Gasteiger partial charge is 0.228 e. The molecule has 24 heavy (non-hydrogen) atoms. The van der Waals surface area contributed by atoms with Gasteiger partial charge in [0.15, 0.2) is 0 Å². The maximum atomic E-state index is 11.8. The zero-order chi connectivity index (χ0) is 16.9. The van der Waals surface area contributed by atoms with E-state index in [0.717, 1.165) is 32.0 Å². The van der Waals surface area contributed by atoms with Crippen LogP contribution in [0.3, 0.4) is 0 Å². The Kier molecular flexibility index (Phi) is 4.93. The second-order valence-corrected chi connectivity index (χ2v) is 6.22. The molecule has 0 aliphatic carbocycles. The number of benzene rings is 1. The first kappa shape index (κ1) is 16.2. The Morgan fingerprint density at radius 1 is 1.04 bits per heavy atom. The van der Waals surface area contributed by atoms with Gasteiger partial charge in [-0.05, 0) is 12.1 Å². The van der Waals surface area contributed by atoms with E-state index in [9.17, 15) is 4.79 Å². The van der Waals surface area contributed by atoms with Crippen molar-refractivity contribution in [1.29, 1.82) is 0 Å². The van der Waals surface area contributed by atoms with Crippen LogP contribution in [0, 0.1) is 5.92 Å². The van der Waals surface area contributed by atoms with Crippen molar-refractivity contribution in [1.82, 2.24) is 9.97 Å². The van der Waals surface area contributed by atoms with E-state index in [1.54, 1.807) is 0 Å². The summed E-state index contributed by atoms with van der Waals surface area (Å²) in [4.78, 5) is 24.9. The van der Waals surface area contributed by atoms with Gasteiger partial charge in [-0.3, -0.25) is 4.79 Å². The topological polar surface area (TPSA) is 61.4 Å². The standard InChI is InChI=1S/C18H23N5O/c1-14(2)18(24)21-16-12-17(20-13-19-16)23-10-8-22(9-11-23)15-6-4-3-5-7-15/h3-7,12-14H,8-11H2,1-2H3,(H,19,20,21,24). The van der Waals surface area contributed by atoms with E-state index >= 15 is 0 Å². The normalized spacial score (nSPS) is 14.8. The quantitative estimate of drug-likeness (QED) is 0.935. The number of para-hydroxylation sites is 1. The molecule has 2 aromatic rings. The van der Waals surface area contributed by atoms with Gasteiger partial charge in [0.1, 0.15) is 18.0 Å². The molecular formula is C18H23N5O. The first-order valence-electron chi connectivity index (χ1n) is 8.31. The highest BCUT2D eigenvalue weighted by Crippen LogP contribution is 2.20. The lowest BCUT2D eigenvalue weighted by Crippen LogP contribution is -2.46. The summed E-state index contributed by atoms with van der Waals surface area (Å²) in [5, 5.41) is 2.83. The minimum absolute atomic E-state index is 0.0338. The molecule has 0 unspecified atom stereocenters. The largest absolute Gasteiger partial charge is 0.368 e. The molecule has 3 rings (SSSR count). The summed E-state index contributed by atoms with van der Waals surface area (Å²) in [5.74, 6) is 1.31. The van der Waals surface area contributed by atoms with Gasteiger partial charge in [0.2, 0.25) is 5.91 Å². The van der Waals surface area contributed by atoms with Gasteiger partial charge < -0.3 is 15.1 Å². The van der Waals surface area contributed by atoms with E-state index in [4.69, 9.17) is 0 Å². The molecule has 1 saturated heterocycles. The number of rotatable bonds is 4. The molecule has 2 heterocycles. The second-order valence-electron chi connectivity index (χ2n) is 6.22. The monoisotopic (exact) mass is 325 g/mol. The van der Waals surface area contributed by atoms with Crippen molar-refractivity contribution < 1.29 is 4.79 Å². The van der Waals surface area contributed by atoms with Crippen LogP contribution in [0.15, 0.2) is 42.7 Å². The highest BCUT2D eigenvalue weighted by Gasteiger charge is 2.19. The van der Waals surface area contributed by atoms with Crippen LogP contribution >= 0.6 is 0 Å². The molecule has 1 fully saturated rings. The number of nitrogens with zero attached hydrogens (tertiary/aromatic N) is 4. The van der Waals surface area contributed by atoms with E-state index in [1.165, 1.54) is 12.0 Å². The molecule has 0 saturated carbocycles. The molecule has 0 bridgehead atoms. The molecule has 1 amide bonds. The summed E-state index contributed by atoms with van der Waals surface area (Å²) in [7, 11) is 0. The van der Waals surface area contributed by atoms with E-state index in [0.29, 0.717) is 5.82 Å². The predicted molar refractivity (Wildman–Crippen MR) is 96.4 cm³/mol. The van der Waals surface area contributed by atoms with Crippen molar-refractivity contribution in [3.8, 4) is 0 Å². The Balaban J connectivity index is 1.63. The van der Waals surface area contributed by atoms with E-state index in [1.807, 2.05) is 26.0 Å². The Morgan fingerprint density at radius 3 is 2.38 bits per heavy atom. The predicted octanol–water partition coefficient (Wildman–Crippen LogP) is 2.40. The van der Waals surface area contributed by atoms with Crippen molar-refractivity contribution in [3.63, 3.8) is 0 Å². The molecule has 0 spiro atoms. The van der Waals surface area contributed by atoms with Crippen LogP contribution in [0.5, 0.6) is 0 Å². The summed E-state index contributed by atoms with van der Waals surface area (Å²) in [6.07, 6.45) is 1.51. The van der Waals surface area contributed by atoms with Gasteiger partial charge in [-0.1, -0.05) is 32.0 Å². The van der Waals surface area contributed by atoms with Gasteiger partial charge in [0, 0.05) is 43.9 Å². The lowest BCUT2D eigenvalue weighted by Gasteiger charge is -2.36. The first-order chi connectivity index (χ1) is 11.6. The highest BCUT2D eigenvalue weighted by molar-refractivity contribution is 5.91. The molecule has 1 aromatic heterocycles. The van der Waals surface area contributed by atoms with Gasteiger partial charge in [-0.15, -0.1) is 0 Å². The van der Waals surface area contributed by atoms with Crippen LogP contribution in [-0.2, 0) is 4.79 Å². The zero-order valence-electron chi connectivity index (χ0n) is 14.1. The third kappa shape index (κ3) is 3.82. The van der Waals surface area contributed by atoms with Crippen LogP contribution in [0.25, 0.3) is 0 Å². The average molecular weight is 325 g/mol. The Labute approximate surface area is 142 Å². The van der Waals surface area contributed by atoms with Gasteiger partial charge in [0.05, 0.1) is 0 Å². The number of hydrogen-bond acceptors (Lipinski definition) is 5. The Hall–Kier alpha value is -2.63. The van der Waals surface area contributed by atoms with Crippen molar-refractivity contribution in [2.75, 3.05) is 41.3 Å². The SMILES string of the molecule is CC(C)C(=O)Nc1cc(N2CCN(c3ccccc3)CC2)ncn1. The third-order valence-electron chi connectivity index (χ3n) is 4.15. The van der Waals surface area contributed by atoms with E-state index < -0.39 is 0 Å². The van der Waals surface area contributed by atoms with Gasteiger partial charge in [0.25, 0.3) is 0 Å². The van der Waals surface area contributed by atoms with Crippen LogP contribution in [-0.4, -0.2) is 42.1 Å². The molecular weight excluding hydrogens is 302 g/mol. The zero-order valence-corrected chi connectivity index (χ0v) is 14.1. The van der Waals surface area contributed by atoms with Crippen molar-refractivity contribution in [3.05, 3.63) is 42.7 Å². The molecule has 6 heteroatoms. The third-order valence-corrected chi connectivity index (χ3v) is 4.15. The number of aromatic nitrogens is 2. The number of hydrogen-bond donors (Lipinski definition) is 1. The fourth-order valence-electron chi connectivity index (χ4n) is 2.69. The molecule has 6 nitrogen and oxygen atoms in total. The molecule has 0 atom stereocenters. The Bertz CT molecular complexity index is 681. The summed E-state index contributed by atoms with van der Waals surface area (Å²) in [5.41, 5.74) is 1.25. The van der Waals surface area contributed by atoms with Crippen LogP contribution in [0.4, 0.5) is 17.3 Å². The number of piperazine rings is 1. The maximum absolute atomic E-state index is 11.8. The summed E-state index contributed by atoms with van der Waals surface area (Å²) < 4.78 is 0. The molecule has 1 aliphatic rings. The number of carbonyl (C=O) groups excluding carboxylic acids is 1.